The molecule has 1 unspecified atom stereocenters. The third-order valence-corrected chi connectivity index (χ3v) is 4.42. The Hall–Kier alpha value is -3.69. The van der Waals surface area contributed by atoms with E-state index in [0.29, 0.717) is 5.56 Å². The molecule has 0 fully saturated rings. The molecule has 1 amide bonds. The van der Waals surface area contributed by atoms with Crippen molar-refractivity contribution < 1.29 is 32.0 Å². The van der Waals surface area contributed by atoms with Crippen molar-refractivity contribution in [2.45, 2.75) is 33.1 Å². The summed E-state index contributed by atoms with van der Waals surface area (Å²) in [6, 6.07) is 9.78. The third-order valence-electron chi connectivity index (χ3n) is 4.42. The van der Waals surface area contributed by atoms with E-state index in [4.69, 9.17) is 9.26 Å². The molecular formula is C22H20F3N3O4. The van der Waals surface area contributed by atoms with Gasteiger partial charge in [0.1, 0.15) is 6.54 Å². The zero-order valence-electron chi connectivity index (χ0n) is 17.5. The molecule has 1 heterocycles. The number of nitrogens with one attached hydrogen (secondary N) is 1. The maximum atomic E-state index is 12.9. The Morgan fingerprint density at radius 1 is 1.12 bits per heavy atom. The van der Waals surface area contributed by atoms with Crippen molar-refractivity contribution in [1.82, 2.24) is 15.5 Å². The summed E-state index contributed by atoms with van der Waals surface area (Å²) >= 11 is 0. The van der Waals surface area contributed by atoms with Crippen molar-refractivity contribution in [3.63, 3.8) is 0 Å². The van der Waals surface area contributed by atoms with Crippen LogP contribution in [0.5, 0.6) is 0 Å². The van der Waals surface area contributed by atoms with Gasteiger partial charge in [-0.1, -0.05) is 34.5 Å². The Morgan fingerprint density at radius 3 is 2.47 bits per heavy atom. The van der Waals surface area contributed by atoms with Crippen LogP contribution in [0.1, 0.15) is 46.0 Å². The first kappa shape index (κ1) is 23.0. The van der Waals surface area contributed by atoms with Crippen molar-refractivity contribution in [3.8, 4) is 11.4 Å². The van der Waals surface area contributed by atoms with Crippen LogP contribution in [0.3, 0.4) is 0 Å². The van der Waals surface area contributed by atoms with Gasteiger partial charge in [0.15, 0.2) is 6.10 Å². The fourth-order valence-corrected chi connectivity index (χ4v) is 3.00. The molecule has 0 aliphatic carbocycles. The number of benzene rings is 2. The predicted molar refractivity (Wildman–Crippen MR) is 107 cm³/mol. The van der Waals surface area contributed by atoms with E-state index in [2.05, 4.69) is 15.5 Å². The first-order chi connectivity index (χ1) is 15.0. The first-order valence-electron chi connectivity index (χ1n) is 9.60. The molecule has 168 valence electrons. The van der Waals surface area contributed by atoms with Crippen LogP contribution in [0.4, 0.5) is 13.2 Å². The van der Waals surface area contributed by atoms with Gasteiger partial charge in [0.05, 0.1) is 5.56 Å². The van der Waals surface area contributed by atoms with Gasteiger partial charge in [-0.25, -0.2) is 0 Å². The number of aryl methyl sites for hydroxylation is 2. The number of halogens is 3. The zero-order valence-corrected chi connectivity index (χ0v) is 17.5. The molecule has 32 heavy (non-hydrogen) atoms. The van der Waals surface area contributed by atoms with Crippen LogP contribution < -0.4 is 5.32 Å². The summed E-state index contributed by atoms with van der Waals surface area (Å²) in [5.41, 5.74) is 1.51. The Kier molecular flexibility index (Phi) is 6.61. The number of alkyl halides is 3. The fourth-order valence-electron chi connectivity index (χ4n) is 3.00. The van der Waals surface area contributed by atoms with Crippen molar-refractivity contribution in [3.05, 3.63) is 70.6 Å². The van der Waals surface area contributed by atoms with Gasteiger partial charge in [0.2, 0.25) is 5.82 Å². The lowest BCUT2D eigenvalue weighted by molar-refractivity contribution is -0.148. The van der Waals surface area contributed by atoms with Gasteiger partial charge in [-0.3, -0.25) is 9.59 Å². The maximum Gasteiger partial charge on any atom is 0.416 e. The summed E-state index contributed by atoms with van der Waals surface area (Å²) in [6.45, 7) is 4.80. The van der Waals surface area contributed by atoms with E-state index in [1.165, 1.54) is 19.1 Å². The number of esters is 1. The van der Waals surface area contributed by atoms with Gasteiger partial charge in [-0.15, -0.1) is 0 Å². The number of carbonyl (C=O) groups excluding carboxylic acids is 2. The highest BCUT2D eigenvalue weighted by Gasteiger charge is 2.31. The summed E-state index contributed by atoms with van der Waals surface area (Å²) in [6.07, 6.45) is -5.47. The van der Waals surface area contributed by atoms with E-state index in [1.54, 1.807) is 12.1 Å². The summed E-state index contributed by atoms with van der Waals surface area (Å²) < 4.78 is 48.8. The number of ether oxygens (including phenoxy) is 1. The van der Waals surface area contributed by atoms with Gasteiger partial charge in [0, 0.05) is 11.1 Å². The largest absolute Gasteiger partial charge is 0.451 e. The number of nitrogens with zero attached hydrogens (tertiary/aromatic N) is 2. The standard InChI is InChI=1S/C22H20F3N3O4/c1-12-7-13(2)9-16(8-12)20(30)26-11-18(29)31-14(3)21-27-19(28-32-21)15-5-4-6-17(10-15)22(23,24)25/h4-10,14H,11H2,1-3H3,(H,26,30). The minimum Gasteiger partial charge on any atom is -0.451 e. The zero-order chi connectivity index (χ0) is 23.5. The van der Waals surface area contributed by atoms with Crippen LogP contribution in [0.25, 0.3) is 11.4 Å². The topological polar surface area (TPSA) is 94.3 Å². The second kappa shape index (κ2) is 9.21. The minimum absolute atomic E-state index is 0.0721. The average Bonchev–Trinajstić information content (AvgIpc) is 3.21. The first-order valence-corrected chi connectivity index (χ1v) is 9.60. The minimum atomic E-state index is -4.51. The number of hydrogen-bond donors (Lipinski definition) is 1. The quantitative estimate of drug-likeness (QED) is 0.563. The molecule has 1 N–H and O–H groups in total. The molecule has 1 atom stereocenters. The third kappa shape index (κ3) is 5.71. The van der Waals surface area contributed by atoms with Gasteiger partial charge >= 0.3 is 12.1 Å². The highest BCUT2D eigenvalue weighted by atomic mass is 19.4. The Labute approximate surface area is 181 Å². The molecule has 0 radical (unpaired) electrons. The SMILES string of the molecule is Cc1cc(C)cc(C(=O)NCC(=O)OC(C)c2nc(-c3cccc(C(F)(F)F)c3)no2)c1. The Bertz CT molecular complexity index is 1120. The average molecular weight is 447 g/mol. The van der Waals surface area contributed by atoms with Crippen molar-refractivity contribution in [2.75, 3.05) is 6.54 Å². The van der Waals surface area contributed by atoms with Gasteiger partial charge < -0.3 is 14.6 Å². The van der Waals surface area contributed by atoms with Gasteiger partial charge in [0.25, 0.3) is 11.8 Å². The summed E-state index contributed by atoms with van der Waals surface area (Å²) in [5.74, 6) is -1.33. The molecule has 0 aliphatic rings. The molecule has 10 heteroatoms. The van der Waals surface area contributed by atoms with E-state index in [1.807, 2.05) is 19.9 Å². The molecule has 0 bridgehead atoms. The van der Waals surface area contributed by atoms with Crippen molar-refractivity contribution in [1.29, 1.82) is 0 Å². The van der Waals surface area contributed by atoms with Crippen molar-refractivity contribution >= 4 is 11.9 Å². The number of carbonyl (C=O) groups is 2. The summed E-state index contributed by atoms with van der Waals surface area (Å²) in [5, 5.41) is 6.13. The molecule has 0 aliphatic heterocycles. The second-order valence-electron chi connectivity index (χ2n) is 7.23. The summed E-state index contributed by atoms with van der Waals surface area (Å²) in [7, 11) is 0. The number of hydrogen-bond acceptors (Lipinski definition) is 6. The lowest BCUT2D eigenvalue weighted by atomic mass is 10.1. The number of amides is 1. The van der Waals surface area contributed by atoms with Crippen LogP contribution in [0.15, 0.2) is 47.0 Å². The smallest absolute Gasteiger partial charge is 0.416 e. The van der Waals surface area contributed by atoms with Crippen LogP contribution in [-0.2, 0) is 15.7 Å². The second-order valence-corrected chi connectivity index (χ2v) is 7.23. The Balaban J connectivity index is 1.59. The molecule has 3 rings (SSSR count). The number of aromatic nitrogens is 2. The van der Waals surface area contributed by atoms with Crippen LogP contribution >= 0.6 is 0 Å². The molecule has 7 nitrogen and oxygen atoms in total. The highest BCUT2D eigenvalue weighted by Crippen LogP contribution is 2.31. The normalized spacial score (nSPS) is 12.3. The number of rotatable bonds is 6. The molecule has 2 aromatic carbocycles. The van der Waals surface area contributed by atoms with E-state index in [0.717, 1.165) is 23.3 Å². The van der Waals surface area contributed by atoms with Crippen LogP contribution in [0.2, 0.25) is 0 Å². The van der Waals surface area contributed by atoms with E-state index < -0.39 is 29.7 Å². The van der Waals surface area contributed by atoms with Gasteiger partial charge in [-0.2, -0.15) is 18.2 Å². The fraction of sp³-hybridized carbons (Fsp3) is 0.273. The molecule has 1 aromatic heterocycles. The highest BCUT2D eigenvalue weighted by molar-refractivity contribution is 5.96. The van der Waals surface area contributed by atoms with E-state index >= 15 is 0 Å². The predicted octanol–water partition coefficient (Wildman–Crippen LogP) is 4.41. The van der Waals surface area contributed by atoms with Crippen molar-refractivity contribution in [2.24, 2.45) is 0 Å². The monoisotopic (exact) mass is 447 g/mol. The molecule has 0 saturated carbocycles. The molecule has 3 aromatic rings. The lowest BCUT2D eigenvalue weighted by Gasteiger charge is -2.10. The van der Waals surface area contributed by atoms with Gasteiger partial charge in [-0.05, 0) is 45.0 Å². The molecule has 0 spiro atoms. The van der Waals surface area contributed by atoms with E-state index in [-0.39, 0.29) is 23.8 Å². The lowest BCUT2D eigenvalue weighted by Crippen LogP contribution is -2.31. The van der Waals surface area contributed by atoms with Crippen LogP contribution in [-0.4, -0.2) is 28.6 Å². The summed E-state index contributed by atoms with van der Waals surface area (Å²) in [4.78, 5) is 28.3. The Morgan fingerprint density at radius 2 is 1.81 bits per heavy atom. The molecule has 0 saturated heterocycles. The molecular weight excluding hydrogens is 427 g/mol. The maximum absolute atomic E-state index is 12.9. The van der Waals surface area contributed by atoms with Crippen LogP contribution in [0, 0.1) is 13.8 Å². The van der Waals surface area contributed by atoms with E-state index in [9.17, 15) is 22.8 Å².